The highest BCUT2D eigenvalue weighted by Crippen LogP contribution is 2.40. The predicted molar refractivity (Wildman–Crippen MR) is 139 cm³/mol. The van der Waals surface area contributed by atoms with Crippen LogP contribution in [0.4, 0.5) is 17.2 Å². The first-order valence-corrected chi connectivity index (χ1v) is 13.0. The summed E-state index contributed by atoms with van der Waals surface area (Å²) < 4.78 is 0. The molecular weight excluding hydrogens is 444 g/mol. The van der Waals surface area contributed by atoms with E-state index in [-0.39, 0.29) is 0 Å². The summed E-state index contributed by atoms with van der Waals surface area (Å²) in [4.78, 5) is 23.7. The number of nitrogens with one attached hydrogen (secondary N) is 2. The molecule has 3 atom stereocenters. The number of carbonyl (C=O) groups is 1. The Morgan fingerprint density at radius 1 is 1.21 bits per heavy atom. The quantitative estimate of drug-likeness (QED) is 0.279. The second-order valence-electron chi connectivity index (χ2n) is 9.88. The van der Waals surface area contributed by atoms with Crippen LogP contribution < -0.4 is 11.1 Å². The topological polar surface area (TPSA) is 108 Å². The number of rotatable bonds is 4. The lowest BCUT2D eigenvalue weighted by Crippen LogP contribution is -2.18. The summed E-state index contributed by atoms with van der Waals surface area (Å²) in [6, 6.07) is 5.60. The summed E-state index contributed by atoms with van der Waals surface area (Å²) in [6.07, 6.45) is 11.4. The standard InChI is InChI=1S/C18H19N5S.C8H13NO/c1-10-2-4-13-15(6-10)24-18-16(13)17(21-9-22-18)23-12-3-5-14(20)11(7-12)8-19;10-6-9-4-7-2-1-3-8(7)5-9/h3,5,7-10,19H,2,4,6,20H2,1H3,(H,21,22,23);6-8H,1-5H2. The molecule has 6 rings (SSSR count). The Kier molecular flexibility index (Phi) is 6.50. The zero-order valence-corrected chi connectivity index (χ0v) is 20.4. The average Bonchev–Trinajstić information content (AvgIpc) is 3.53. The van der Waals surface area contributed by atoms with E-state index in [2.05, 4.69) is 22.2 Å². The Hall–Kier alpha value is -3.00. The van der Waals surface area contributed by atoms with Gasteiger partial charge in [0.1, 0.15) is 17.0 Å². The maximum atomic E-state index is 10.4. The molecule has 1 saturated carbocycles. The molecule has 1 amide bonds. The molecule has 0 radical (unpaired) electrons. The van der Waals surface area contributed by atoms with Gasteiger partial charge in [0.15, 0.2) is 0 Å². The number of carbonyl (C=O) groups excluding carboxylic acids is 1. The van der Waals surface area contributed by atoms with Crippen molar-refractivity contribution in [2.24, 2.45) is 17.8 Å². The van der Waals surface area contributed by atoms with Gasteiger partial charge in [-0.05, 0) is 73.6 Å². The van der Waals surface area contributed by atoms with Gasteiger partial charge < -0.3 is 21.4 Å². The minimum absolute atomic E-state index is 0.602. The monoisotopic (exact) mass is 476 g/mol. The van der Waals surface area contributed by atoms with Crippen LogP contribution in [0.25, 0.3) is 10.2 Å². The molecule has 3 aromatic rings. The van der Waals surface area contributed by atoms with Gasteiger partial charge in [-0.2, -0.15) is 0 Å². The summed E-state index contributed by atoms with van der Waals surface area (Å²) in [5.74, 6) is 3.28. The smallest absolute Gasteiger partial charge is 0.209 e. The second-order valence-corrected chi connectivity index (χ2v) is 11.0. The lowest BCUT2D eigenvalue weighted by Gasteiger charge is -2.18. The van der Waals surface area contributed by atoms with Crippen molar-refractivity contribution in [1.82, 2.24) is 14.9 Å². The number of thiophene rings is 1. The molecule has 3 unspecified atom stereocenters. The Balaban J connectivity index is 0.000000200. The van der Waals surface area contributed by atoms with Gasteiger partial charge in [0.25, 0.3) is 0 Å². The van der Waals surface area contributed by atoms with Crippen molar-refractivity contribution < 1.29 is 4.79 Å². The van der Waals surface area contributed by atoms with Crippen molar-refractivity contribution in [2.75, 3.05) is 24.1 Å². The maximum Gasteiger partial charge on any atom is 0.209 e. The molecular formula is C26H32N6OS. The van der Waals surface area contributed by atoms with E-state index in [1.165, 1.54) is 42.3 Å². The van der Waals surface area contributed by atoms with E-state index in [0.717, 1.165) is 71.8 Å². The van der Waals surface area contributed by atoms with Crippen molar-refractivity contribution in [2.45, 2.75) is 45.4 Å². The van der Waals surface area contributed by atoms with Gasteiger partial charge in [-0.1, -0.05) is 13.3 Å². The van der Waals surface area contributed by atoms with Crippen molar-refractivity contribution in [3.8, 4) is 0 Å². The molecule has 4 N–H and O–H groups in total. The Bertz CT molecular complexity index is 1200. The lowest BCUT2D eigenvalue weighted by molar-refractivity contribution is -0.117. The number of hydrogen-bond donors (Lipinski definition) is 3. The maximum absolute atomic E-state index is 10.4. The van der Waals surface area contributed by atoms with E-state index >= 15 is 0 Å². The summed E-state index contributed by atoms with van der Waals surface area (Å²) >= 11 is 1.79. The number of likely N-dealkylation sites (tertiary alicyclic amines) is 1. The zero-order chi connectivity index (χ0) is 23.7. The van der Waals surface area contributed by atoms with Gasteiger partial charge in [0.2, 0.25) is 6.41 Å². The predicted octanol–water partition coefficient (Wildman–Crippen LogP) is 5.01. The summed E-state index contributed by atoms with van der Waals surface area (Å²) in [6.45, 7) is 4.38. The molecule has 8 heteroatoms. The summed E-state index contributed by atoms with van der Waals surface area (Å²) in [7, 11) is 0. The third-order valence-corrected chi connectivity index (χ3v) is 8.66. The van der Waals surface area contributed by atoms with Gasteiger partial charge in [-0.3, -0.25) is 4.79 Å². The number of nitrogen functional groups attached to an aromatic ring is 1. The van der Waals surface area contributed by atoms with Crippen molar-refractivity contribution >= 4 is 51.4 Å². The molecule has 1 aliphatic heterocycles. The highest BCUT2D eigenvalue weighted by atomic mass is 32.1. The highest BCUT2D eigenvalue weighted by Gasteiger charge is 2.35. The van der Waals surface area contributed by atoms with Gasteiger partial charge in [-0.15, -0.1) is 11.3 Å². The number of hydrogen-bond acceptors (Lipinski definition) is 7. The molecule has 178 valence electrons. The first-order valence-electron chi connectivity index (χ1n) is 12.2. The number of aromatic nitrogens is 2. The largest absolute Gasteiger partial charge is 0.398 e. The Morgan fingerprint density at radius 3 is 2.74 bits per heavy atom. The fourth-order valence-corrected chi connectivity index (χ4v) is 6.99. The summed E-state index contributed by atoms with van der Waals surface area (Å²) in [5, 5.41) is 12.0. The van der Waals surface area contributed by atoms with Crippen molar-refractivity contribution in [1.29, 1.82) is 5.41 Å². The first kappa shape index (κ1) is 22.8. The van der Waals surface area contributed by atoms with Gasteiger partial charge in [0, 0.05) is 41.1 Å². The number of benzene rings is 1. The van der Waals surface area contributed by atoms with E-state index in [9.17, 15) is 4.79 Å². The number of anilines is 3. The van der Waals surface area contributed by atoms with E-state index in [0.29, 0.717) is 11.3 Å². The molecule has 2 aliphatic carbocycles. The van der Waals surface area contributed by atoms with E-state index in [1.807, 2.05) is 23.1 Å². The van der Waals surface area contributed by atoms with Crippen LogP contribution in [0.5, 0.6) is 0 Å². The van der Waals surface area contributed by atoms with Crippen LogP contribution in [-0.2, 0) is 17.6 Å². The number of aryl methyl sites for hydroxylation is 1. The van der Waals surface area contributed by atoms with Crippen LogP contribution in [0.3, 0.4) is 0 Å². The van der Waals surface area contributed by atoms with Crippen molar-refractivity contribution in [3.05, 3.63) is 40.5 Å². The second kappa shape index (κ2) is 9.70. The third kappa shape index (κ3) is 4.51. The number of nitrogens with two attached hydrogens (primary N) is 1. The van der Waals surface area contributed by atoms with E-state index in [4.69, 9.17) is 11.1 Å². The molecule has 3 aliphatic rings. The van der Waals surface area contributed by atoms with E-state index < -0.39 is 0 Å². The third-order valence-electron chi connectivity index (χ3n) is 7.50. The molecule has 34 heavy (non-hydrogen) atoms. The molecule has 1 aromatic carbocycles. The lowest BCUT2D eigenvalue weighted by atomic mass is 9.89. The molecule has 0 spiro atoms. The Labute approximate surface area is 204 Å². The van der Waals surface area contributed by atoms with Crippen LogP contribution in [0.2, 0.25) is 0 Å². The average molecular weight is 477 g/mol. The highest BCUT2D eigenvalue weighted by molar-refractivity contribution is 7.19. The van der Waals surface area contributed by atoms with Crippen molar-refractivity contribution in [3.63, 3.8) is 0 Å². The van der Waals surface area contributed by atoms with Crippen LogP contribution in [0.15, 0.2) is 24.5 Å². The number of fused-ring (bicyclic) bond motifs is 4. The SMILES string of the molecule is CC1CCc2c(sc3ncnc(Nc4ccc(N)c(C=N)c4)c23)C1.O=CN1CC2CCCC2C1. The van der Waals surface area contributed by atoms with Gasteiger partial charge in [0.05, 0.1) is 5.39 Å². The molecule has 1 saturated heterocycles. The number of nitrogens with zero attached hydrogens (tertiary/aromatic N) is 3. The van der Waals surface area contributed by atoms with Crippen LogP contribution in [0.1, 0.15) is 48.6 Å². The van der Waals surface area contributed by atoms with E-state index in [1.54, 1.807) is 17.7 Å². The zero-order valence-electron chi connectivity index (χ0n) is 19.6. The van der Waals surface area contributed by atoms with Gasteiger partial charge >= 0.3 is 0 Å². The van der Waals surface area contributed by atoms with Crippen LogP contribution in [0, 0.1) is 23.2 Å². The van der Waals surface area contributed by atoms with Crippen LogP contribution in [-0.4, -0.2) is 40.6 Å². The molecule has 3 heterocycles. The minimum atomic E-state index is 0.602. The molecule has 0 bridgehead atoms. The molecule has 2 aromatic heterocycles. The minimum Gasteiger partial charge on any atom is -0.398 e. The summed E-state index contributed by atoms with van der Waals surface area (Å²) in [5.41, 5.74) is 9.45. The fourth-order valence-electron chi connectivity index (χ4n) is 5.64. The Morgan fingerprint density at radius 2 is 2.00 bits per heavy atom. The number of amides is 1. The van der Waals surface area contributed by atoms with Gasteiger partial charge in [-0.25, -0.2) is 9.97 Å². The van der Waals surface area contributed by atoms with Crippen LogP contribution >= 0.6 is 11.3 Å². The first-order chi connectivity index (χ1) is 16.6. The molecule has 2 fully saturated rings. The normalized spacial score (nSPS) is 23.1. The molecule has 7 nitrogen and oxygen atoms in total. The fraction of sp³-hybridized carbons (Fsp3) is 0.462.